The lowest BCUT2D eigenvalue weighted by molar-refractivity contribution is 0.0290. The number of nitrogens with zero attached hydrogens (tertiary/aromatic N) is 3. The zero-order chi connectivity index (χ0) is 21.5. The highest BCUT2D eigenvalue weighted by molar-refractivity contribution is 6.09. The SMILES string of the molecule is CC1c2cccc(C(N)=O)c2C(=O)N1C1CCN(CC(C)(C)N2CCCCC2)CC1. The van der Waals surface area contributed by atoms with Crippen molar-refractivity contribution in [3.63, 3.8) is 0 Å². The minimum atomic E-state index is -0.524. The molecule has 164 valence electrons. The lowest BCUT2D eigenvalue weighted by atomic mass is 9.95. The van der Waals surface area contributed by atoms with Crippen LogP contribution in [0.4, 0.5) is 0 Å². The largest absolute Gasteiger partial charge is 0.366 e. The standard InChI is InChI=1S/C24H36N4O2/c1-17-19-8-7-9-20(22(25)29)21(19)23(30)28(17)18-10-14-26(15-11-18)16-24(2,3)27-12-5-4-6-13-27/h7-9,17-18H,4-6,10-16H2,1-3H3,(H2,25,29). The summed E-state index contributed by atoms with van der Waals surface area (Å²) in [5, 5.41) is 0. The highest BCUT2D eigenvalue weighted by Gasteiger charge is 2.41. The average Bonchev–Trinajstić information content (AvgIpc) is 2.99. The molecular formula is C24H36N4O2. The first-order valence-electron chi connectivity index (χ1n) is 11.5. The summed E-state index contributed by atoms with van der Waals surface area (Å²) in [4.78, 5) is 32.3. The minimum Gasteiger partial charge on any atom is -0.366 e. The predicted molar refractivity (Wildman–Crippen MR) is 119 cm³/mol. The van der Waals surface area contributed by atoms with Crippen LogP contribution in [0, 0.1) is 0 Å². The van der Waals surface area contributed by atoms with Crippen LogP contribution in [0.5, 0.6) is 0 Å². The number of nitrogens with two attached hydrogens (primary N) is 1. The molecule has 0 aromatic heterocycles. The van der Waals surface area contributed by atoms with Crippen molar-refractivity contribution in [2.24, 2.45) is 5.73 Å². The van der Waals surface area contributed by atoms with Gasteiger partial charge in [0, 0.05) is 31.2 Å². The Kier molecular flexibility index (Phi) is 5.90. The molecule has 0 radical (unpaired) electrons. The second kappa shape index (κ2) is 8.31. The van der Waals surface area contributed by atoms with Crippen molar-refractivity contribution in [2.75, 3.05) is 32.7 Å². The van der Waals surface area contributed by atoms with Gasteiger partial charge in [-0.15, -0.1) is 0 Å². The molecule has 0 saturated carbocycles. The summed E-state index contributed by atoms with van der Waals surface area (Å²) in [6, 6.07) is 5.67. The molecule has 0 aliphatic carbocycles. The van der Waals surface area contributed by atoms with E-state index in [0.717, 1.165) is 38.0 Å². The number of hydrogen-bond acceptors (Lipinski definition) is 4. The summed E-state index contributed by atoms with van der Waals surface area (Å²) < 4.78 is 0. The fourth-order valence-electron chi connectivity index (χ4n) is 5.80. The molecule has 1 aromatic carbocycles. The highest BCUT2D eigenvalue weighted by atomic mass is 16.2. The Morgan fingerprint density at radius 1 is 1.10 bits per heavy atom. The van der Waals surface area contributed by atoms with Crippen LogP contribution in [0.25, 0.3) is 0 Å². The van der Waals surface area contributed by atoms with Crippen LogP contribution in [-0.2, 0) is 0 Å². The maximum absolute atomic E-state index is 13.2. The van der Waals surface area contributed by atoms with Crippen molar-refractivity contribution >= 4 is 11.8 Å². The van der Waals surface area contributed by atoms with Gasteiger partial charge in [-0.3, -0.25) is 14.5 Å². The molecule has 0 spiro atoms. The molecule has 0 bridgehead atoms. The monoisotopic (exact) mass is 412 g/mol. The van der Waals surface area contributed by atoms with Crippen molar-refractivity contribution in [3.8, 4) is 0 Å². The van der Waals surface area contributed by atoms with Crippen molar-refractivity contribution in [3.05, 3.63) is 34.9 Å². The van der Waals surface area contributed by atoms with Gasteiger partial charge >= 0.3 is 0 Å². The third-order valence-corrected chi connectivity index (χ3v) is 7.45. The summed E-state index contributed by atoms with van der Waals surface area (Å²) in [6.45, 7) is 12.3. The number of likely N-dealkylation sites (tertiary alicyclic amines) is 2. The van der Waals surface area contributed by atoms with Crippen LogP contribution in [0.1, 0.15) is 85.2 Å². The Morgan fingerprint density at radius 3 is 2.40 bits per heavy atom. The van der Waals surface area contributed by atoms with Gasteiger partial charge in [0.05, 0.1) is 17.2 Å². The number of piperidine rings is 2. The van der Waals surface area contributed by atoms with Crippen LogP contribution < -0.4 is 5.73 Å². The Labute approximate surface area is 180 Å². The van der Waals surface area contributed by atoms with Gasteiger partial charge in [0.15, 0.2) is 0 Å². The van der Waals surface area contributed by atoms with Gasteiger partial charge in [0.2, 0.25) is 5.91 Å². The third kappa shape index (κ3) is 3.87. The van der Waals surface area contributed by atoms with E-state index in [0.29, 0.717) is 11.1 Å². The molecule has 2 N–H and O–H groups in total. The maximum Gasteiger partial charge on any atom is 0.255 e. The number of primary amides is 1. The predicted octanol–water partition coefficient (Wildman–Crippen LogP) is 3.03. The first-order chi connectivity index (χ1) is 14.3. The molecule has 3 heterocycles. The molecule has 2 amide bonds. The van der Waals surface area contributed by atoms with Crippen LogP contribution in [0.2, 0.25) is 0 Å². The number of carbonyl (C=O) groups excluding carboxylic acids is 2. The van der Waals surface area contributed by atoms with Crippen molar-refractivity contribution in [2.45, 2.75) is 70.5 Å². The van der Waals surface area contributed by atoms with E-state index in [1.807, 2.05) is 17.0 Å². The fourth-order valence-corrected chi connectivity index (χ4v) is 5.80. The van der Waals surface area contributed by atoms with Gasteiger partial charge < -0.3 is 15.5 Å². The molecule has 1 unspecified atom stereocenters. The molecular weight excluding hydrogens is 376 g/mol. The molecule has 30 heavy (non-hydrogen) atoms. The van der Waals surface area contributed by atoms with Crippen LogP contribution in [0.3, 0.4) is 0 Å². The second-order valence-electron chi connectivity index (χ2n) is 9.89. The summed E-state index contributed by atoms with van der Waals surface area (Å²) in [6.07, 6.45) is 5.95. The zero-order valence-electron chi connectivity index (χ0n) is 18.7. The topological polar surface area (TPSA) is 69.9 Å². The van der Waals surface area contributed by atoms with E-state index in [2.05, 4.69) is 30.6 Å². The summed E-state index contributed by atoms with van der Waals surface area (Å²) in [5.74, 6) is -0.553. The molecule has 3 aliphatic rings. The van der Waals surface area contributed by atoms with Crippen molar-refractivity contribution in [1.29, 1.82) is 0 Å². The van der Waals surface area contributed by atoms with E-state index in [9.17, 15) is 9.59 Å². The van der Waals surface area contributed by atoms with Crippen LogP contribution in [-0.4, -0.2) is 70.8 Å². The maximum atomic E-state index is 13.2. The van der Waals surface area contributed by atoms with E-state index in [-0.39, 0.29) is 23.5 Å². The number of rotatable bonds is 5. The van der Waals surface area contributed by atoms with Crippen molar-refractivity contribution in [1.82, 2.24) is 14.7 Å². The van der Waals surface area contributed by atoms with Gasteiger partial charge in [-0.05, 0) is 71.2 Å². The van der Waals surface area contributed by atoms with Gasteiger partial charge in [-0.25, -0.2) is 0 Å². The number of hydrogen-bond donors (Lipinski definition) is 1. The molecule has 2 saturated heterocycles. The smallest absolute Gasteiger partial charge is 0.255 e. The molecule has 4 rings (SSSR count). The molecule has 3 aliphatic heterocycles. The summed E-state index contributed by atoms with van der Waals surface area (Å²) in [7, 11) is 0. The van der Waals surface area contributed by atoms with E-state index < -0.39 is 5.91 Å². The fraction of sp³-hybridized carbons (Fsp3) is 0.667. The quantitative estimate of drug-likeness (QED) is 0.807. The number of benzene rings is 1. The van der Waals surface area contributed by atoms with Gasteiger partial charge in [-0.1, -0.05) is 18.6 Å². The number of carbonyl (C=O) groups is 2. The highest BCUT2D eigenvalue weighted by Crippen LogP contribution is 2.38. The minimum absolute atomic E-state index is 0.00635. The Bertz CT molecular complexity index is 807. The van der Waals surface area contributed by atoms with E-state index in [1.54, 1.807) is 6.07 Å². The van der Waals surface area contributed by atoms with E-state index in [1.165, 1.54) is 32.4 Å². The average molecular weight is 413 g/mol. The van der Waals surface area contributed by atoms with Gasteiger partial charge in [0.25, 0.3) is 5.91 Å². The summed E-state index contributed by atoms with van der Waals surface area (Å²) in [5.41, 5.74) is 7.54. The zero-order valence-corrected chi connectivity index (χ0v) is 18.7. The Morgan fingerprint density at radius 2 is 1.77 bits per heavy atom. The van der Waals surface area contributed by atoms with E-state index >= 15 is 0 Å². The van der Waals surface area contributed by atoms with Gasteiger partial charge in [-0.2, -0.15) is 0 Å². The van der Waals surface area contributed by atoms with E-state index in [4.69, 9.17) is 5.73 Å². The second-order valence-corrected chi connectivity index (χ2v) is 9.89. The normalized spacial score (nSPS) is 24.3. The molecule has 1 aromatic rings. The summed E-state index contributed by atoms with van der Waals surface area (Å²) >= 11 is 0. The van der Waals surface area contributed by atoms with Crippen LogP contribution in [0.15, 0.2) is 18.2 Å². The lowest BCUT2D eigenvalue weighted by Gasteiger charge is -2.46. The third-order valence-electron chi connectivity index (χ3n) is 7.45. The number of fused-ring (bicyclic) bond motifs is 1. The number of amides is 2. The van der Waals surface area contributed by atoms with Gasteiger partial charge in [0.1, 0.15) is 0 Å². The van der Waals surface area contributed by atoms with Crippen molar-refractivity contribution < 1.29 is 9.59 Å². The molecule has 1 atom stereocenters. The van der Waals surface area contributed by atoms with Crippen LogP contribution >= 0.6 is 0 Å². The molecule has 6 heteroatoms. The molecule has 6 nitrogen and oxygen atoms in total. The first-order valence-corrected chi connectivity index (χ1v) is 11.5. The lowest BCUT2D eigenvalue weighted by Crippen LogP contribution is -2.55. The molecule has 2 fully saturated rings. The first kappa shape index (κ1) is 21.3. The Balaban J connectivity index is 1.40. The Hall–Kier alpha value is -1.92.